The number of rotatable bonds is 8. The molecule has 4 saturated carbocycles. The molecule has 4 rings (SSSR count). The molecule has 2 atom stereocenters. The van der Waals surface area contributed by atoms with Crippen LogP contribution in [0.4, 0.5) is 0 Å². The van der Waals surface area contributed by atoms with Gasteiger partial charge in [-0.25, -0.2) is 0 Å². The molecule has 0 aromatic heterocycles. The summed E-state index contributed by atoms with van der Waals surface area (Å²) in [5.74, 6) is 8.70. The molecule has 4 aliphatic carbocycles. The van der Waals surface area contributed by atoms with Crippen molar-refractivity contribution in [2.75, 3.05) is 0 Å². The molecule has 31 heavy (non-hydrogen) atoms. The van der Waals surface area contributed by atoms with Gasteiger partial charge in [-0.3, -0.25) is 0 Å². The largest absolute Gasteiger partial charge is 0.0651 e. The Morgan fingerprint density at radius 3 is 1.06 bits per heavy atom. The first-order valence-electron chi connectivity index (χ1n) is 15.2. The van der Waals surface area contributed by atoms with E-state index >= 15 is 0 Å². The summed E-state index contributed by atoms with van der Waals surface area (Å²) in [5, 5.41) is 0. The molecule has 0 saturated heterocycles. The van der Waals surface area contributed by atoms with Gasteiger partial charge in [-0.1, -0.05) is 123 Å². The van der Waals surface area contributed by atoms with Crippen molar-refractivity contribution in [1.29, 1.82) is 0 Å². The minimum Gasteiger partial charge on any atom is -0.0651 e. The van der Waals surface area contributed by atoms with Crippen LogP contribution in [-0.4, -0.2) is 0 Å². The maximum atomic E-state index is 2.42. The van der Waals surface area contributed by atoms with E-state index in [2.05, 4.69) is 13.8 Å². The molecule has 0 spiro atoms. The zero-order valence-corrected chi connectivity index (χ0v) is 21.5. The fourth-order valence-electron chi connectivity index (χ4n) is 8.68. The van der Waals surface area contributed by atoms with Crippen LogP contribution >= 0.6 is 0 Å². The summed E-state index contributed by atoms with van der Waals surface area (Å²) >= 11 is 0. The third kappa shape index (κ3) is 7.50. The lowest BCUT2D eigenvalue weighted by molar-refractivity contribution is 0.150. The monoisotopic (exact) mass is 428 g/mol. The first-order chi connectivity index (χ1) is 15.2. The van der Waals surface area contributed by atoms with Crippen molar-refractivity contribution in [3.05, 3.63) is 0 Å². The predicted molar refractivity (Wildman–Crippen MR) is 136 cm³/mol. The standard InChI is InChI=1S/C31H56/c1-3-24-8-10-26(11-9-24)21-27-12-14-28(15-13-27)22-29-16-18-30(19-17-29)23-31-7-5-6-25(4-2)20-31/h24-31H,3-23H2,1-2H3. The van der Waals surface area contributed by atoms with Gasteiger partial charge in [0.1, 0.15) is 0 Å². The highest BCUT2D eigenvalue weighted by Crippen LogP contribution is 2.44. The van der Waals surface area contributed by atoms with Crippen molar-refractivity contribution in [1.82, 2.24) is 0 Å². The highest BCUT2D eigenvalue weighted by molar-refractivity contribution is 4.82. The zero-order valence-electron chi connectivity index (χ0n) is 21.5. The summed E-state index contributed by atoms with van der Waals surface area (Å²) in [4.78, 5) is 0. The molecule has 0 amide bonds. The van der Waals surface area contributed by atoms with E-state index in [1.807, 2.05) is 0 Å². The van der Waals surface area contributed by atoms with Gasteiger partial charge in [0, 0.05) is 0 Å². The smallest absolute Gasteiger partial charge is 0.0409 e. The molecule has 0 heteroatoms. The van der Waals surface area contributed by atoms with Gasteiger partial charge in [-0.05, 0) is 73.0 Å². The van der Waals surface area contributed by atoms with Crippen LogP contribution in [0.3, 0.4) is 0 Å². The van der Waals surface area contributed by atoms with Crippen molar-refractivity contribution in [2.24, 2.45) is 47.3 Å². The molecule has 0 aromatic rings. The molecule has 0 aromatic carbocycles. The number of hydrogen-bond donors (Lipinski definition) is 0. The van der Waals surface area contributed by atoms with Gasteiger partial charge in [0.2, 0.25) is 0 Å². The van der Waals surface area contributed by atoms with E-state index in [1.54, 1.807) is 109 Å². The highest BCUT2D eigenvalue weighted by Gasteiger charge is 2.30. The normalized spacial score (nSPS) is 42.4. The Labute approximate surface area is 196 Å². The van der Waals surface area contributed by atoms with Gasteiger partial charge in [0.05, 0.1) is 0 Å². The van der Waals surface area contributed by atoms with Crippen LogP contribution in [0.2, 0.25) is 0 Å². The molecule has 4 aliphatic rings. The topological polar surface area (TPSA) is 0 Å². The van der Waals surface area contributed by atoms with E-state index in [9.17, 15) is 0 Å². The van der Waals surface area contributed by atoms with Crippen LogP contribution in [0.5, 0.6) is 0 Å². The Kier molecular flexibility index (Phi) is 9.70. The highest BCUT2D eigenvalue weighted by atomic mass is 14.4. The lowest BCUT2D eigenvalue weighted by Gasteiger charge is -2.37. The summed E-state index contributed by atoms with van der Waals surface area (Å²) in [7, 11) is 0. The van der Waals surface area contributed by atoms with Gasteiger partial charge < -0.3 is 0 Å². The second kappa shape index (κ2) is 12.5. The molecule has 0 bridgehead atoms. The van der Waals surface area contributed by atoms with Crippen LogP contribution < -0.4 is 0 Å². The maximum Gasteiger partial charge on any atom is -0.0409 e. The average Bonchev–Trinajstić information content (AvgIpc) is 2.82. The quantitative estimate of drug-likeness (QED) is 0.360. The minimum atomic E-state index is 1.07. The second-order valence-corrected chi connectivity index (χ2v) is 13.1. The molecular weight excluding hydrogens is 372 g/mol. The molecule has 4 fully saturated rings. The van der Waals surface area contributed by atoms with Crippen LogP contribution in [-0.2, 0) is 0 Å². The Hall–Kier alpha value is 0. The van der Waals surface area contributed by atoms with E-state index in [0.717, 1.165) is 47.3 Å². The molecule has 0 nitrogen and oxygen atoms in total. The fraction of sp³-hybridized carbons (Fsp3) is 1.00. The van der Waals surface area contributed by atoms with E-state index in [-0.39, 0.29) is 0 Å². The molecular formula is C31H56. The third-order valence-corrected chi connectivity index (χ3v) is 10.9. The van der Waals surface area contributed by atoms with E-state index in [4.69, 9.17) is 0 Å². The lowest BCUT2D eigenvalue weighted by Crippen LogP contribution is -2.24. The van der Waals surface area contributed by atoms with Crippen LogP contribution in [0.15, 0.2) is 0 Å². The summed E-state index contributed by atoms with van der Waals surface area (Å²) in [5.41, 5.74) is 0. The Morgan fingerprint density at radius 1 is 0.355 bits per heavy atom. The Balaban J connectivity index is 1.08. The van der Waals surface area contributed by atoms with Crippen molar-refractivity contribution in [2.45, 2.75) is 149 Å². The zero-order chi connectivity index (χ0) is 21.5. The predicted octanol–water partition coefficient (Wildman–Crippen LogP) is 10.2. The summed E-state index contributed by atoms with van der Waals surface area (Å²) in [6.45, 7) is 4.82. The summed E-state index contributed by atoms with van der Waals surface area (Å²) < 4.78 is 0. The average molecular weight is 429 g/mol. The molecule has 0 N–H and O–H groups in total. The first-order valence-corrected chi connectivity index (χ1v) is 15.2. The molecule has 0 heterocycles. The third-order valence-electron chi connectivity index (χ3n) is 10.9. The number of hydrogen-bond acceptors (Lipinski definition) is 0. The summed E-state index contributed by atoms with van der Waals surface area (Å²) in [6.07, 6.45) is 32.7. The van der Waals surface area contributed by atoms with Crippen molar-refractivity contribution < 1.29 is 0 Å². The van der Waals surface area contributed by atoms with Crippen LogP contribution in [0, 0.1) is 47.3 Å². The minimum absolute atomic E-state index is 1.07. The first kappa shape index (κ1) is 24.1. The SMILES string of the molecule is CCC1CCC(CC2CCC(CC3CCC(CC4CCCC(CC)C4)CC3)CC2)CC1. The lowest BCUT2D eigenvalue weighted by atomic mass is 9.69. The maximum absolute atomic E-state index is 2.42. The van der Waals surface area contributed by atoms with E-state index in [0.29, 0.717) is 0 Å². The fourth-order valence-corrected chi connectivity index (χ4v) is 8.68. The van der Waals surface area contributed by atoms with Gasteiger partial charge in [-0.15, -0.1) is 0 Å². The van der Waals surface area contributed by atoms with Crippen molar-refractivity contribution in [3.63, 3.8) is 0 Å². The molecule has 0 radical (unpaired) electrons. The molecule has 180 valence electrons. The van der Waals surface area contributed by atoms with E-state index < -0.39 is 0 Å². The van der Waals surface area contributed by atoms with Gasteiger partial charge in [0.15, 0.2) is 0 Å². The van der Waals surface area contributed by atoms with E-state index in [1.165, 1.54) is 25.7 Å². The van der Waals surface area contributed by atoms with Crippen molar-refractivity contribution in [3.8, 4) is 0 Å². The Morgan fingerprint density at radius 2 is 0.677 bits per heavy atom. The molecule has 0 aliphatic heterocycles. The van der Waals surface area contributed by atoms with Gasteiger partial charge in [-0.2, -0.15) is 0 Å². The van der Waals surface area contributed by atoms with Gasteiger partial charge in [0.25, 0.3) is 0 Å². The molecule has 2 unspecified atom stereocenters. The van der Waals surface area contributed by atoms with Crippen LogP contribution in [0.1, 0.15) is 149 Å². The second-order valence-electron chi connectivity index (χ2n) is 13.1. The van der Waals surface area contributed by atoms with Crippen LogP contribution in [0.25, 0.3) is 0 Å². The summed E-state index contributed by atoms with van der Waals surface area (Å²) in [6, 6.07) is 0. The van der Waals surface area contributed by atoms with Crippen molar-refractivity contribution >= 4 is 0 Å². The van der Waals surface area contributed by atoms with Gasteiger partial charge >= 0.3 is 0 Å². The Bertz CT molecular complexity index is 470.